The van der Waals surface area contributed by atoms with E-state index >= 15 is 0 Å². The summed E-state index contributed by atoms with van der Waals surface area (Å²) in [6.07, 6.45) is 2.85. The first-order chi connectivity index (χ1) is 6.84. The molecule has 1 atom stereocenters. The Hall–Kier alpha value is -0.610. The van der Waals surface area contributed by atoms with Crippen LogP contribution in [0.5, 0.6) is 0 Å². The van der Waals surface area contributed by atoms with E-state index in [1.165, 1.54) is 0 Å². The van der Waals surface area contributed by atoms with Crippen LogP contribution in [0.4, 0.5) is 0 Å². The van der Waals surface area contributed by atoms with Crippen LogP contribution < -0.4 is 10.6 Å². The van der Waals surface area contributed by atoms with Crippen LogP contribution in [0.3, 0.4) is 0 Å². The third-order valence-corrected chi connectivity index (χ3v) is 2.32. The highest BCUT2D eigenvalue weighted by atomic mass is 16.5. The average molecular weight is 200 g/mol. The van der Waals surface area contributed by atoms with Crippen molar-refractivity contribution in [2.24, 2.45) is 0 Å². The largest absolute Gasteiger partial charge is 0.368 e. The lowest BCUT2D eigenvalue weighted by atomic mass is 10.1. The lowest BCUT2D eigenvalue weighted by Gasteiger charge is -2.21. The van der Waals surface area contributed by atoms with Crippen LogP contribution in [0, 0.1) is 0 Å². The first kappa shape index (κ1) is 11.5. The molecule has 1 heterocycles. The van der Waals surface area contributed by atoms with E-state index in [1.807, 2.05) is 6.92 Å². The molecule has 1 unspecified atom stereocenters. The van der Waals surface area contributed by atoms with Gasteiger partial charge in [0.05, 0.1) is 0 Å². The lowest BCUT2D eigenvalue weighted by Crippen LogP contribution is -2.41. The molecule has 4 nitrogen and oxygen atoms in total. The van der Waals surface area contributed by atoms with Gasteiger partial charge in [0.15, 0.2) is 0 Å². The van der Waals surface area contributed by atoms with Crippen molar-refractivity contribution in [1.82, 2.24) is 10.6 Å². The van der Waals surface area contributed by atoms with E-state index in [4.69, 9.17) is 4.74 Å². The molecule has 0 bridgehead atoms. The Bertz CT molecular complexity index is 168. The predicted octanol–water partition coefficient (Wildman–Crippen LogP) is 0.281. The summed E-state index contributed by atoms with van der Waals surface area (Å²) in [7, 11) is 0. The third-order valence-electron chi connectivity index (χ3n) is 2.32. The van der Waals surface area contributed by atoms with Gasteiger partial charge in [0.25, 0.3) is 0 Å². The number of carbonyl (C=O) groups excluding carboxylic acids is 1. The van der Waals surface area contributed by atoms with Crippen LogP contribution in [0.25, 0.3) is 0 Å². The summed E-state index contributed by atoms with van der Waals surface area (Å²) in [5, 5.41) is 6.01. The van der Waals surface area contributed by atoms with Gasteiger partial charge in [-0.2, -0.15) is 0 Å². The van der Waals surface area contributed by atoms with Gasteiger partial charge in [0.2, 0.25) is 5.91 Å². The fourth-order valence-corrected chi connectivity index (χ4v) is 1.51. The van der Waals surface area contributed by atoms with Gasteiger partial charge >= 0.3 is 0 Å². The molecule has 2 N–H and O–H groups in total. The summed E-state index contributed by atoms with van der Waals surface area (Å²) in [4.78, 5) is 11.5. The summed E-state index contributed by atoms with van der Waals surface area (Å²) in [6.45, 7) is 5.23. The van der Waals surface area contributed by atoms with Crippen LogP contribution in [0.1, 0.15) is 26.2 Å². The number of hydrogen-bond donors (Lipinski definition) is 2. The zero-order valence-electron chi connectivity index (χ0n) is 8.84. The van der Waals surface area contributed by atoms with Gasteiger partial charge in [-0.05, 0) is 25.8 Å². The molecule has 0 saturated carbocycles. The number of rotatable bonds is 5. The quantitative estimate of drug-likeness (QED) is 0.627. The Morgan fingerprint density at radius 2 is 2.29 bits per heavy atom. The van der Waals surface area contributed by atoms with Gasteiger partial charge in [-0.3, -0.25) is 4.79 Å². The Kier molecular flexibility index (Phi) is 5.56. The normalized spacial score (nSPS) is 21.9. The van der Waals surface area contributed by atoms with E-state index in [0.717, 1.165) is 39.0 Å². The molecule has 1 aliphatic rings. The SMILES string of the molecule is CCNCCNC(=O)C1CCCCO1. The first-order valence-corrected chi connectivity index (χ1v) is 5.44. The Morgan fingerprint density at radius 1 is 1.43 bits per heavy atom. The zero-order valence-corrected chi connectivity index (χ0v) is 8.84. The van der Waals surface area contributed by atoms with Crippen molar-refractivity contribution >= 4 is 5.91 Å². The van der Waals surface area contributed by atoms with Crippen molar-refractivity contribution in [2.45, 2.75) is 32.3 Å². The molecule has 0 aliphatic carbocycles. The van der Waals surface area contributed by atoms with Gasteiger partial charge in [-0.1, -0.05) is 6.92 Å². The lowest BCUT2D eigenvalue weighted by molar-refractivity contribution is -0.135. The Morgan fingerprint density at radius 3 is 2.93 bits per heavy atom. The van der Waals surface area contributed by atoms with Gasteiger partial charge < -0.3 is 15.4 Å². The van der Waals surface area contributed by atoms with E-state index < -0.39 is 0 Å². The molecule has 14 heavy (non-hydrogen) atoms. The van der Waals surface area contributed by atoms with E-state index in [-0.39, 0.29) is 12.0 Å². The topological polar surface area (TPSA) is 50.4 Å². The van der Waals surface area contributed by atoms with Crippen molar-refractivity contribution in [2.75, 3.05) is 26.2 Å². The zero-order chi connectivity index (χ0) is 10.2. The standard InChI is InChI=1S/C10H20N2O2/c1-2-11-6-7-12-10(13)9-5-3-4-8-14-9/h9,11H,2-8H2,1H3,(H,12,13). The van der Waals surface area contributed by atoms with Crippen molar-refractivity contribution in [3.63, 3.8) is 0 Å². The summed E-state index contributed by atoms with van der Waals surface area (Å²) in [6, 6.07) is 0. The van der Waals surface area contributed by atoms with Gasteiger partial charge in [0, 0.05) is 19.7 Å². The number of ether oxygens (including phenoxy) is 1. The fourth-order valence-electron chi connectivity index (χ4n) is 1.51. The summed E-state index contributed by atoms with van der Waals surface area (Å²) < 4.78 is 5.36. The Labute approximate surface area is 85.4 Å². The molecule has 0 radical (unpaired) electrons. The highest BCUT2D eigenvalue weighted by Gasteiger charge is 2.20. The number of amides is 1. The summed E-state index contributed by atoms with van der Waals surface area (Å²) in [5.74, 6) is 0.0441. The predicted molar refractivity (Wildman–Crippen MR) is 55.1 cm³/mol. The highest BCUT2D eigenvalue weighted by Crippen LogP contribution is 2.12. The molecule has 4 heteroatoms. The van der Waals surface area contributed by atoms with E-state index in [2.05, 4.69) is 10.6 Å². The molecule has 0 aromatic heterocycles. The van der Waals surface area contributed by atoms with Crippen LogP contribution >= 0.6 is 0 Å². The van der Waals surface area contributed by atoms with Gasteiger partial charge in [-0.15, -0.1) is 0 Å². The fraction of sp³-hybridized carbons (Fsp3) is 0.900. The molecule has 1 aliphatic heterocycles. The molecule has 82 valence electrons. The van der Waals surface area contributed by atoms with E-state index in [0.29, 0.717) is 6.54 Å². The van der Waals surface area contributed by atoms with Crippen LogP contribution in [-0.2, 0) is 9.53 Å². The smallest absolute Gasteiger partial charge is 0.249 e. The minimum atomic E-state index is -0.203. The molecular formula is C10H20N2O2. The average Bonchev–Trinajstić information content (AvgIpc) is 2.25. The van der Waals surface area contributed by atoms with E-state index in [1.54, 1.807) is 0 Å². The summed E-state index contributed by atoms with van der Waals surface area (Å²) >= 11 is 0. The number of nitrogens with one attached hydrogen (secondary N) is 2. The van der Waals surface area contributed by atoms with Gasteiger partial charge in [0.1, 0.15) is 6.10 Å². The maximum atomic E-state index is 11.5. The van der Waals surface area contributed by atoms with E-state index in [9.17, 15) is 4.79 Å². The third kappa shape index (κ3) is 4.07. The summed E-state index contributed by atoms with van der Waals surface area (Å²) in [5.41, 5.74) is 0. The highest BCUT2D eigenvalue weighted by molar-refractivity contribution is 5.80. The second-order valence-electron chi connectivity index (χ2n) is 3.50. The molecule has 1 fully saturated rings. The molecule has 0 aromatic carbocycles. The van der Waals surface area contributed by atoms with Crippen molar-refractivity contribution in [3.05, 3.63) is 0 Å². The monoisotopic (exact) mass is 200 g/mol. The van der Waals surface area contributed by atoms with Crippen molar-refractivity contribution in [1.29, 1.82) is 0 Å². The molecule has 1 amide bonds. The van der Waals surface area contributed by atoms with Crippen LogP contribution in [0.15, 0.2) is 0 Å². The minimum Gasteiger partial charge on any atom is -0.368 e. The molecule has 0 spiro atoms. The van der Waals surface area contributed by atoms with Gasteiger partial charge in [-0.25, -0.2) is 0 Å². The number of carbonyl (C=O) groups is 1. The maximum absolute atomic E-state index is 11.5. The second kappa shape index (κ2) is 6.79. The molecule has 0 aromatic rings. The van der Waals surface area contributed by atoms with Crippen molar-refractivity contribution < 1.29 is 9.53 Å². The maximum Gasteiger partial charge on any atom is 0.249 e. The minimum absolute atomic E-state index is 0.0441. The Balaban J connectivity index is 2.07. The molecular weight excluding hydrogens is 180 g/mol. The molecule has 1 saturated heterocycles. The number of likely N-dealkylation sites (N-methyl/N-ethyl adjacent to an activating group) is 1. The van der Waals surface area contributed by atoms with Crippen LogP contribution in [-0.4, -0.2) is 38.3 Å². The second-order valence-corrected chi connectivity index (χ2v) is 3.50. The number of hydrogen-bond acceptors (Lipinski definition) is 3. The van der Waals surface area contributed by atoms with Crippen molar-refractivity contribution in [3.8, 4) is 0 Å². The molecule has 1 rings (SSSR count). The first-order valence-electron chi connectivity index (χ1n) is 5.44. The van der Waals surface area contributed by atoms with Crippen LogP contribution in [0.2, 0.25) is 0 Å².